The summed E-state index contributed by atoms with van der Waals surface area (Å²) in [7, 11) is 0. The molecule has 0 fully saturated rings. The van der Waals surface area contributed by atoms with Crippen LogP contribution >= 0.6 is 0 Å². The monoisotopic (exact) mass is 284 g/mol. The minimum atomic E-state index is -0.0323. The molecule has 0 aromatic heterocycles. The highest BCUT2D eigenvalue weighted by Crippen LogP contribution is 2.27. The van der Waals surface area contributed by atoms with E-state index in [1.54, 1.807) is 0 Å². The van der Waals surface area contributed by atoms with Crippen molar-refractivity contribution in [3.05, 3.63) is 64.7 Å². The minimum absolute atomic E-state index is 0.0323. The van der Waals surface area contributed by atoms with Crippen LogP contribution in [-0.4, -0.2) is 6.61 Å². The van der Waals surface area contributed by atoms with Gasteiger partial charge in [0.2, 0.25) is 0 Å². The zero-order valence-electron chi connectivity index (χ0n) is 13.0. The second-order valence-electron chi connectivity index (χ2n) is 5.38. The van der Waals surface area contributed by atoms with E-state index in [9.17, 15) is 0 Å². The van der Waals surface area contributed by atoms with Crippen molar-refractivity contribution in [1.82, 2.24) is 5.43 Å². The molecule has 0 aliphatic heterocycles. The van der Waals surface area contributed by atoms with Crippen molar-refractivity contribution in [1.29, 1.82) is 0 Å². The SMILES string of the molecule is CCCOc1cccc(C(NN)c2cc(C)ccc2C)c1. The molecule has 1 atom stereocenters. The summed E-state index contributed by atoms with van der Waals surface area (Å²) >= 11 is 0. The van der Waals surface area contributed by atoms with Crippen LogP contribution in [0.5, 0.6) is 5.75 Å². The summed E-state index contributed by atoms with van der Waals surface area (Å²) in [5.41, 5.74) is 7.70. The van der Waals surface area contributed by atoms with Crippen molar-refractivity contribution in [3.8, 4) is 5.75 Å². The van der Waals surface area contributed by atoms with E-state index < -0.39 is 0 Å². The zero-order chi connectivity index (χ0) is 15.2. The largest absolute Gasteiger partial charge is 0.494 e. The Bertz CT molecular complexity index is 596. The summed E-state index contributed by atoms with van der Waals surface area (Å²) in [6, 6.07) is 14.5. The van der Waals surface area contributed by atoms with Gasteiger partial charge in [-0.15, -0.1) is 0 Å². The Morgan fingerprint density at radius 1 is 1.14 bits per heavy atom. The number of aryl methyl sites for hydroxylation is 2. The number of hydrazine groups is 1. The first-order chi connectivity index (χ1) is 10.2. The van der Waals surface area contributed by atoms with Gasteiger partial charge in [-0.25, -0.2) is 5.43 Å². The maximum Gasteiger partial charge on any atom is 0.119 e. The second-order valence-corrected chi connectivity index (χ2v) is 5.38. The number of nitrogens with one attached hydrogen (secondary N) is 1. The third-order valence-electron chi connectivity index (χ3n) is 3.58. The molecule has 0 saturated heterocycles. The van der Waals surface area contributed by atoms with Gasteiger partial charge in [-0.3, -0.25) is 5.84 Å². The van der Waals surface area contributed by atoms with Crippen LogP contribution in [0, 0.1) is 13.8 Å². The molecule has 2 rings (SSSR count). The van der Waals surface area contributed by atoms with Crippen molar-refractivity contribution in [2.45, 2.75) is 33.2 Å². The molecular formula is C18H24N2O. The summed E-state index contributed by atoms with van der Waals surface area (Å²) in [4.78, 5) is 0. The lowest BCUT2D eigenvalue weighted by molar-refractivity contribution is 0.317. The highest BCUT2D eigenvalue weighted by molar-refractivity contribution is 5.41. The molecule has 1 unspecified atom stereocenters. The van der Waals surface area contributed by atoms with Crippen molar-refractivity contribution in [3.63, 3.8) is 0 Å². The minimum Gasteiger partial charge on any atom is -0.494 e. The molecule has 21 heavy (non-hydrogen) atoms. The molecule has 2 aromatic rings. The maximum absolute atomic E-state index is 5.82. The molecule has 3 N–H and O–H groups in total. The van der Waals surface area contributed by atoms with Crippen LogP contribution in [0.2, 0.25) is 0 Å². The predicted molar refractivity (Wildman–Crippen MR) is 87.3 cm³/mol. The molecule has 0 spiro atoms. The first-order valence-corrected chi connectivity index (χ1v) is 7.41. The predicted octanol–water partition coefficient (Wildman–Crippen LogP) is 3.64. The number of rotatable bonds is 6. The lowest BCUT2D eigenvalue weighted by Crippen LogP contribution is -2.29. The van der Waals surface area contributed by atoms with E-state index in [4.69, 9.17) is 10.6 Å². The fourth-order valence-electron chi connectivity index (χ4n) is 2.44. The summed E-state index contributed by atoms with van der Waals surface area (Å²) in [6.45, 7) is 7.03. The van der Waals surface area contributed by atoms with Crippen LogP contribution in [0.4, 0.5) is 0 Å². The molecule has 0 amide bonds. The highest BCUT2D eigenvalue weighted by Gasteiger charge is 2.15. The Morgan fingerprint density at radius 3 is 2.67 bits per heavy atom. The summed E-state index contributed by atoms with van der Waals surface area (Å²) in [5.74, 6) is 6.70. The van der Waals surface area contributed by atoms with Crippen LogP contribution < -0.4 is 16.0 Å². The molecule has 0 saturated carbocycles. The van der Waals surface area contributed by atoms with Crippen molar-refractivity contribution in [2.75, 3.05) is 6.61 Å². The quantitative estimate of drug-likeness (QED) is 0.629. The van der Waals surface area contributed by atoms with Crippen LogP contribution in [0.1, 0.15) is 41.6 Å². The first-order valence-electron chi connectivity index (χ1n) is 7.41. The molecule has 0 aliphatic carbocycles. The van der Waals surface area contributed by atoms with Gasteiger partial charge in [-0.2, -0.15) is 0 Å². The van der Waals surface area contributed by atoms with E-state index in [0.29, 0.717) is 0 Å². The summed E-state index contributed by atoms with van der Waals surface area (Å²) in [5, 5.41) is 0. The van der Waals surface area contributed by atoms with Gasteiger partial charge in [0.1, 0.15) is 5.75 Å². The maximum atomic E-state index is 5.82. The molecule has 0 aliphatic rings. The van der Waals surface area contributed by atoms with E-state index in [1.807, 2.05) is 12.1 Å². The fourth-order valence-corrected chi connectivity index (χ4v) is 2.44. The Hall–Kier alpha value is -1.84. The van der Waals surface area contributed by atoms with Gasteiger partial charge >= 0.3 is 0 Å². The number of nitrogens with two attached hydrogens (primary N) is 1. The third-order valence-corrected chi connectivity index (χ3v) is 3.58. The van der Waals surface area contributed by atoms with Crippen molar-refractivity contribution in [2.24, 2.45) is 5.84 Å². The molecule has 0 heterocycles. The number of benzene rings is 2. The van der Waals surface area contributed by atoms with Crippen molar-refractivity contribution < 1.29 is 4.74 Å². The van der Waals surface area contributed by atoms with Gasteiger partial charge in [0.15, 0.2) is 0 Å². The Kier molecular flexibility index (Phi) is 5.37. The average molecular weight is 284 g/mol. The molecular weight excluding hydrogens is 260 g/mol. The molecule has 0 radical (unpaired) electrons. The van der Waals surface area contributed by atoms with E-state index in [-0.39, 0.29) is 6.04 Å². The molecule has 0 bridgehead atoms. The van der Waals surface area contributed by atoms with E-state index >= 15 is 0 Å². The Labute approximate surface area is 127 Å². The molecule has 2 aromatic carbocycles. The van der Waals surface area contributed by atoms with Crippen LogP contribution in [0.3, 0.4) is 0 Å². The van der Waals surface area contributed by atoms with Gasteiger partial charge in [-0.1, -0.05) is 42.8 Å². The van der Waals surface area contributed by atoms with Gasteiger partial charge in [-0.05, 0) is 49.1 Å². The lowest BCUT2D eigenvalue weighted by atomic mass is 9.94. The van der Waals surface area contributed by atoms with E-state index in [2.05, 4.69) is 56.5 Å². The Balaban J connectivity index is 2.34. The van der Waals surface area contributed by atoms with Crippen LogP contribution in [-0.2, 0) is 0 Å². The topological polar surface area (TPSA) is 47.3 Å². The van der Waals surface area contributed by atoms with E-state index in [1.165, 1.54) is 16.7 Å². The lowest BCUT2D eigenvalue weighted by Gasteiger charge is -2.20. The van der Waals surface area contributed by atoms with E-state index in [0.717, 1.165) is 24.3 Å². The molecule has 112 valence electrons. The molecule has 3 nitrogen and oxygen atoms in total. The Morgan fingerprint density at radius 2 is 1.95 bits per heavy atom. The fraction of sp³-hybridized carbons (Fsp3) is 0.333. The summed E-state index contributed by atoms with van der Waals surface area (Å²) in [6.07, 6.45) is 1.000. The summed E-state index contributed by atoms with van der Waals surface area (Å²) < 4.78 is 5.71. The van der Waals surface area contributed by atoms with Crippen LogP contribution in [0.25, 0.3) is 0 Å². The first kappa shape index (κ1) is 15.5. The number of ether oxygens (including phenoxy) is 1. The zero-order valence-corrected chi connectivity index (χ0v) is 13.0. The average Bonchev–Trinajstić information content (AvgIpc) is 2.50. The standard InChI is InChI=1S/C18H24N2O/c1-4-10-21-16-7-5-6-15(12-16)18(20-19)17-11-13(2)8-9-14(17)3/h5-9,11-12,18,20H,4,10,19H2,1-3H3. The van der Waals surface area contributed by atoms with Gasteiger partial charge in [0.25, 0.3) is 0 Å². The van der Waals surface area contributed by atoms with Gasteiger partial charge in [0.05, 0.1) is 12.6 Å². The van der Waals surface area contributed by atoms with Crippen LogP contribution in [0.15, 0.2) is 42.5 Å². The second kappa shape index (κ2) is 7.25. The van der Waals surface area contributed by atoms with Crippen molar-refractivity contribution >= 4 is 0 Å². The third kappa shape index (κ3) is 3.84. The molecule has 3 heteroatoms. The van der Waals surface area contributed by atoms with Gasteiger partial charge < -0.3 is 4.74 Å². The smallest absolute Gasteiger partial charge is 0.119 e. The highest BCUT2D eigenvalue weighted by atomic mass is 16.5. The normalized spacial score (nSPS) is 12.2. The van der Waals surface area contributed by atoms with Gasteiger partial charge in [0, 0.05) is 0 Å². The number of hydrogen-bond acceptors (Lipinski definition) is 3. The number of hydrogen-bond donors (Lipinski definition) is 2.